The van der Waals surface area contributed by atoms with Gasteiger partial charge in [0, 0.05) is 30.7 Å². The van der Waals surface area contributed by atoms with Crippen LogP contribution in [0.1, 0.15) is 43.6 Å². The number of guanidine groups is 1. The quantitative estimate of drug-likeness (QED) is 0.410. The topological polar surface area (TPSA) is 116 Å². The maximum Gasteiger partial charge on any atom is 0.301 e. The summed E-state index contributed by atoms with van der Waals surface area (Å²) in [6, 6.07) is 7.36. The van der Waals surface area contributed by atoms with Gasteiger partial charge in [0.15, 0.2) is 0 Å². The third kappa shape index (κ3) is 5.53. The monoisotopic (exact) mass is 492 g/mol. The standard InChI is InChI=1S/C26H32N6O4/c1-17-16-35-26(27-17)30-25(28-20-8-9-22-19(14-20)13-18(2)36-22)29-21-7-3-4-12-32(24(21)34)15-23(33)31-10-5-6-11-31/h8-9,13-14,16,21H,3-7,10-12,15H2,1-2H3,(H2,27,28,29,30). The minimum atomic E-state index is -0.621. The number of carbonyl (C=O) groups excluding carboxylic acids is 2. The fourth-order valence-electron chi connectivity index (χ4n) is 4.75. The molecule has 0 aliphatic carbocycles. The molecule has 1 atom stereocenters. The van der Waals surface area contributed by atoms with E-state index in [1.54, 1.807) is 11.2 Å². The van der Waals surface area contributed by atoms with Gasteiger partial charge in [-0.2, -0.15) is 4.98 Å². The van der Waals surface area contributed by atoms with Crippen molar-refractivity contribution in [1.82, 2.24) is 14.8 Å². The second kappa shape index (κ2) is 10.4. The maximum atomic E-state index is 13.5. The molecule has 1 aromatic carbocycles. The molecule has 1 unspecified atom stereocenters. The van der Waals surface area contributed by atoms with Crippen molar-refractivity contribution in [1.29, 1.82) is 0 Å². The molecule has 10 heteroatoms. The molecule has 190 valence electrons. The molecular formula is C26H32N6O4. The van der Waals surface area contributed by atoms with Crippen LogP contribution in [0, 0.1) is 13.8 Å². The smallest absolute Gasteiger partial charge is 0.301 e. The van der Waals surface area contributed by atoms with Crippen LogP contribution in [-0.4, -0.2) is 64.8 Å². The van der Waals surface area contributed by atoms with Crippen LogP contribution >= 0.6 is 0 Å². The number of hydrogen-bond acceptors (Lipinski definition) is 6. The van der Waals surface area contributed by atoms with Crippen LogP contribution in [0.15, 0.2) is 44.4 Å². The molecule has 3 aromatic rings. The summed E-state index contributed by atoms with van der Waals surface area (Å²) in [4.78, 5) is 38.8. The minimum Gasteiger partial charge on any atom is -0.461 e. The summed E-state index contributed by atoms with van der Waals surface area (Å²) >= 11 is 0. The van der Waals surface area contributed by atoms with E-state index >= 15 is 0 Å². The van der Waals surface area contributed by atoms with Crippen molar-refractivity contribution in [2.75, 3.05) is 36.8 Å². The lowest BCUT2D eigenvalue weighted by molar-refractivity contribution is -0.140. The number of furan rings is 1. The Kier molecular flexibility index (Phi) is 6.92. The summed E-state index contributed by atoms with van der Waals surface area (Å²) in [5, 5.41) is 7.32. The molecule has 2 amide bonds. The molecule has 0 radical (unpaired) electrons. The van der Waals surface area contributed by atoms with Gasteiger partial charge in [0.05, 0.1) is 12.2 Å². The van der Waals surface area contributed by atoms with Crippen LogP contribution in [0.4, 0.5) is 11.7 Å². The SMILES string of the molecule is Cc1coc(NC(=NC2CCCCN(CC(=O)N3CCCC3)C2=O)Nc2ccc3oc(C)cc3c2)n1. The van der Waals surface area contributed by atoms with Crippen molar-refractivity contribution in [3.8, 4) is 0 Å². The number of anilines is 2. The predicted molar refractivity (Wildman–Crippen MR) is 137 cm³/mol. The molecule has 2 N–H and O–H groups in total. The Morgan fingerprint density at radius 1 is 1.11 bits per heavy atom. The summed E-state index contributed by atoms with van der Waals surface area (Å²) in [7, 11) is 0. The molecule has 4 heterocycles. The van der Waals surface area contributed by atoms with E-state index in [9.17, 15) is 9.59 Å². The summed E-state index contributed by atoms with van der Waals surface area (Å²) < 4.78 is 11.2. The third-order valence-electron chi connectivity index (χ3n) is 6.57. The molecular weight excluding hydrogens is 460 g/mol. The average molecular weight is 493 g/mol. The number of carbonyl (C=O) groups is 2. The maximum absolute atomic E-state index is 13.5. The van der Waals surface area contributed by atoms with E-state index in [-0.39, 0.29) is 24.4 Å². The highest BCUT2D eigenvalue weighted by molar-refractivity contribution is 6.04. The Balaban J connectivity index is 1.38. The first-order valence-electron chi connectivity index (χ1n) is 12.6. The zero-order valence-corrected chi connectivity index (χ0v) is 20.7. The van der Waals surface area contributed by atoms with Crippen LogP contribution in [0.5, 0.6) is 0 Å². The lowest BCUT2D eigenvalue weighted by Crippen LogP contribution is -2.45. The van der Waals surface area contributed by atoms with Gasteiger partial charge in [0.1, 0.15) is 23.6 Å². The van der Waals surface area contributed by atoms with Gasteiger partial charge < -0.3 is 24.0 Å². The van der Waals surface area contributed by atoms with E-state index in [1.165, 1.54) is 0 Å². The van der Waals surface area contributed by atoms with Gasteiger partial charge in [-0.15, -0.1) is 0 Å². The number of aryl methyl sites for hydroxylation is 2. The van der Waals surface area contributed by atoms with E-state index in [4.69, 9.17) is 13.8 Å². The number of aromatic nitrogens is 1. The molecule has 0 spiro atoms. The molecule has 5 rings (SSSR count). The van der Waals surface area contributed by atoms with Crippen molar-refractivity contribution in [3.05, 3.63) is 42.0 Å². The van der Waals surface area contributed by atoms with Crippen molar-refractivity contribution in [2.24, 2.45) is 4.99 Å². The number of oxazole rings is 1. The highest BCUT2D eigenvalue weighted by atomic mass is 16.4. The van der Waals surface area contributed by atoms with Crippen LogP contribution < -0.4 is 10.6 Å². The van der Waals surface area contributed by atoms with Gasteiger partial charge in [-0.25, -0.2) is 4.99 Å². The van der Waals surface area contributed by atoms with Crippen LogP contribution in [0.25, 0.3) is 11.0 Å². The van der Waals surface area contributed by atoms with Gasteiger partial charge in [0.2, 0.25) is 17.8 Å². The second-order valence-electron chi connectivity index (χ2n) is 9.49. The molecule has 0 saturated carbocycles. The number of hydrogen-bond donors (Lipinski definition) is 2. The number of nitrogens with zero attached hydrogens (tertiary/aromatic N) is 4. The Hall–Kier alpha value is -3.82. The fraction of sp³-hybridized carbons (Fsp3) is 0.462. The average Bonchev–Trinajstić information content (AvgIpc) is 3.58. The zero-order chi connectivity index (χ0) is 25.1. The zero-order valence-electron chi connectivity index (χ0n) is 20.7. The second-order valence-corrected chi connectivity index (χ2v) is 9.49. The molecule has 2 aromatic heterocycles. The van der Waals surface area contributed by atoms with E-state index in [2.05, 4.69) is 15.6 Å². The van der Waals surface area contributed by atoms with Crippen molar-refractivity contribution < 1.29 is 18.4 Å². The first kappa shape index (κ1) is 23.9. The molecule has 0 bridgehead atoms. The van der Waals surface area contributed by atoms with Crippen molar-refractivity contribution >= 4 is 40.4 Å². The van der Waals surface area contributed by atoms with Crippen LogP contribution in [0.2, 0.25) is 0 Å². The Morgan fingerprint density at radius 3 is 2.69 bits per heavy atom. The van der Waals surface area contributed by atoms with Crippen LogP contribution in [0.3, 0.4) is 0 Å². The molecule has 36 heavy (non-hydrogen) atoms. The van der Waals surface area contributed by atoms with Crippen LogP contribution in [-0.2, 0) is 9.59 Å². The van der Waals surface area contributed by atoms with Gasteiger partial charge in [-0.3, -0.25) is 14.9 Å². The van der Waals surface area contributed by atoms with Crippen molar-refractivity contribution in [3.63, 3.8) is 0 Å². The van der Waals surface area contributed by atoms with Crippen molar-refractivity contribution in [2.45, 2.75) is 52.0 Å². The number of rotatable bonds is 5. The fourth-order valence-corrected chi connectivity index (χ4v) is 4.75. The normalized spacial score (nSPS) is 19.1. The molecule has 2 aliphatic rings. The summed E-state index contributed by atoms with van der Waals surface area (Å²) in [5.74, 6) is 1.06. The molecule has 2 fully saturated rings. The summed E-state index contributed by atoms with van der Waals surface area (Å²) in [5.41, 5.74) is 2.30. The molecule has 10 nitrogen and oxygen atoms in total. The number of likely N-dealkylation sites (tertiary alicyclic amines) is 2. The number of amides is 2. The Labute approximate surface area is 209 Å². The van der Waals surface area contributed by atoms with Gasteiger partial charge >= 0.3 is 6.01 Å². The summed E-state index contributed by atoms with van der Waals surface area (Å²) in [6.07, 6.45) is 5.89. The van der Waals surface area contributed by atoms with E-state index in [0.717, 1.165) is 66.9 Å². The Morgan fingerprint density at radius 2 is 1.92 bits per heavy atom. The largest absolute Gasteiger partial charge is 0.461 e. The van der Waals surface area contributed by atoms with E-state index in [1.807, 2.05) is 43.0 Å². The lowest BCUT2D eigenvalue weighted by Gasteiger charge is -2.25. The predicted octanol–water partition coefficient (Wildman–Crippen LogP) is 3.92. The summed E-state index contributed by atoms with van der Waals surface area (Å²) in [6.45, 7) is 5.96. The number of fused-ring (bicyclic) bond motifs is 1. The van der Waals surface area contributed by atoms with Gasteiger partial charge in [0.25, 0.3) is 0 Å². The number of aliphatic imine (C=N–C) groups is 1. The molecule has 2 saturated heterocycles. The lowest BCUT2D eigenvalue weighted by atomic mass is 10.1. The first-order chi connectivity index (χ1) is 17.4. The minimum absolute atomic E-state index is 0.0147. The number of nitrogens with one attached hydrogen (secondary N) is 2. The Bertz CT molecular complexity index is 1270. The third-order valence-corrected chi connectivity index (χ3v) is 6.57. The first-order valence-corrected chi connectivity index (χ1v) is 12.6. The highest BCUT2D eigenvalue weighted by Crippen LogP contribution is 2.23. The number of benzene rings is 1. The highest BCUT2D eigenvalue weighted by Gasteiger charge is 2.30. The molecule has 2 aliphatic heterocycles. The van der Waals surface area contributed by atoms with E-state index < -0.39 is 6.04 Å². The van der Waals surface area contributed by atoms with Gasteiger partial charge in [-0.1, -0.05) is 0 Å². The van der Waals surface area contributed by atoms with Gasteiger partial charge in [-0.05, 0) is 70.2 Å². The van der Waals surface area contributed by atoms with E-state index in [0.29, 0.717) is 18.9 Å².